The first-order valence-electron chi connectivity index (χ1n) is 14.8. The van der Waals surface area contributed by atoms with Crippen molar-refractivity contribution < 1.29 is 9.94 Å². The van der Waals surface area contributed by atoms with Gasteiger partial charge in [-0.2, -0.15) is 4.99 Å². The molecule has 0 aliphatic carbocycles. The van der Waals surface area contributed by atoms with Crippen molar-refractivity contribution in [3.63, 3.8) is 0 Å². The van der Waals surface area contributed by atoms with Gasteiger partial charge >= 0.3 is 6.02 Å². The molecule has 1 saturated heterocycles. The van der Waals surface area contributed by atoms with E-state index < -0.39 is 0 Å². The first-order chi connectivity index (χ1) is 18.0. The van der Waals surface area contributed by atoms with Gasteiger partial charge < -0.3 is 15.3 Å². The summed E-state index contributed by atoms with van der Waals surface area (Å²) in [6.07, 6.45) is 0.888. The maximum Gasteiger partial charge on any atom is 0.314 e. The summed E-state index contributed by atoms with van der Waals surface area (Å²) in [7, 11) is 0. The Kier molecular flexibility index (Phi) is 9.60. The predicted octanol–water partition coefficient (Wildman–Crippen LogP) is 9.23. The molecule has 5 heteroatoms. The van der Waals surface area contributed by atoms with E-state index in [2.05, 4.69) is 130 Å². The van der Waals surface area contributed by atoms with E-state index >= 15 is 0 Å². The quantitative estimate of drug-likeness (QED) is 0.274. The van der Waals surface area contributed by atoms with Crippen molar-refractivity contribution in [3.8, 4) is 0 Å². The van der Waals surface area contributed by atoms with Gasteiger partial charge in [-0.25, -0.2) is 0 Å². The number of aliphatic imine (C=N–C) groups is 1. The third-order valence-corrected chi connectivity index (χ3v) is 7.91. The van der Waals surface area contributed by atoms with Gasteiger partial charge in [-0.15, -0.1) is 5.06 Å². The number of piperidine rings is 1. The molecule has 1 aliphatic rings. The molecule has 0 saturated carbocycles. The predicted molar refractivity (Wildman–Crippen MR) is 166 cm³/mol. The lowest BCUT2D eigenvalue weighted by molar-refractivity contribution is -0.244. The molecule has 39 heavy (non-hydrogen) atoms. The number of aliphatic hydroxyl groups excluding tert-OH is 1. The minimum Gasteiger partial charge on any atom is -0.393 e. The van der Waals surface area contributed by atoms with Gasteiger partial charge in [-0.05, 0) is 86.5 Å². The highest BCUT2D eigenvalue weighted by Crippen LogP contribution is 2.41. The Labute approximate surface area is 238 Å². The van der Waals surface area contributed by atoms with Crippen LogP contribution in [0.15, 0.2) is 41.4 Å². The Balaban J connectivity index is 2.27. The van der Waals surface area contributed by atoms with Crippen LogP contribution in [0.1, 0.15) is 142 Å². The van der Waals surface area contributed by atoms with Gasteiger partial charge in [0.1, 0.15) is 0 Å². The van der Waals surface area contributed by atoms with E-state index in [9.17, 15) is 5.11 Å². The molecule has 0 amide bonds. The molecule has 0 aromatic heterocycles. The molecule has 3 rings (SSSR count). The fourth-order valence-corrected chi connectivity index (χ4v) is 6.16. The zero-order valence-electron chi connectivity index (χ0n) is 26.5. The summed E-state index contributed by atoms with van der Waals surface area (Å²) in [6, 6.07) is 13.5. The van der Waals surface area contributed by atoms with Gasteiger partial charge in [-0.1, -0.05) is 91.8 Å². The number of nitrogens with zero attached hydrogens (tertiary/aromatic N) is 2. The monoisotopic (exact) mass is 535 g/mol. The van der Waals surface area contributed by atoms with E-state index in [1.807, 2.05) is 0 Å². The van der Waals surface area contributed by atoms with E-state index in [1.165, 1.54) is 22.3 Å². The Bertz CT molecular complexity index is 1090. The molecule has 0 bridgehead atoms. The molecule has 1 fully saturated rings. The molecule has 1 aliphatic heterocycles. The molecule has 2 aromatic carbocycles. The van der Waals surface area contributed by atoms with E-state index in [0.29, 0.717) is 42.5 Å². The average Bonchev–Trinajstić information content (AvgIpc) is 2.80. The van der Waals surface area contributed by atoms with Crippen molar-refractivity contribution in [2.75, 3.05) is 5.32 Å². The Hall–Kier alpha value is -2.37. The van der Waals surface area contributed by atoms with Crippen molar-refractivity contribution in [1.82, 2.24) is 5.06 Å². The summed E-state index contributed by atoms with van der Waals surface area (Å²) in [5, 5.41) is 16.4. The second-order valence-corrected chi connectivity index (χ2v) is 13.8. The van der Waals surface area contributed by atoms with Crippen molar-refractivity contribution in [2.24, 2.45) is 4.99 Å². The molecule has 5 nitrogen and oxygen atoms in total. The van der Waals surface area contributed by atoms with Gasteiger partial charge in [-0.3, -0.25) is 0 Å². The highest BCUT2D eigenvalue weighted by Gasteiger charge is 2.47. The number of benzene rings is 2. The number of hydrogen-bond acceptors (Lipinski definition) is 4. The Morgan fingerprint density at radius 1 is 0.769 bits per heavy atom. The molecular formula is C34H53N3O2. The van der Waals surface area contributed by atoms with E-state index in [1.54, 1.807) is 0 Å². The van der Waals surface area contributed by atoms with Crippen molar-refractivity contribution in [1.29, 1.82) is 0 Å². The Morgan fingerprint density at radius 3 is 1.54 bits per heavy atom. The number of hydroxylamine groups is 2. The molecule has 0 radical (unpaired) electrons. The van der Waals surface area contributed by atoms with Crippen LogP contribution in [0.3, 0.4) is 0 Å². The van der Waals surface area contributed by atoms with Gasteiger partial charge in [0.15, 0.2) is 0 Å². The number of amidine groups is 1. The van der Waals surface area contributed by atoms with Crippen molar-refractivity contribution in [2.45, 2.75) is 137 Å². The molecule has 0 spiro atoms. The van der Waals surface area contributed by atoms with Gasteiger partial charge in [0.25, 0.3) is 0 Å². The van der Waals surface area contributed by atoms with Crippen LogP contribution in [0.25, 0.3) is 0 Å². The first-order valence-corrected chi connectivity index (χ1v) is 14.8. The lowest BCUT2D eigenvalue weighted by atomic mass is 9.80. The number of rotatable bonds is 7. The summed E-state index contributed by atoms with van der Waals surface area (Å²) in [4.78, 5) is 12.2. The third-order valence-electron chi connectivity index (χ3n) is 7.91. The highest BCUT2D eigenvalue weighted by atomic mass is 16.7. The van der Waals surface area contributed by atoms with Crippen molar-refractivity contribution in [3.05, 3.63) is 58.7 Å². The van der Waals surface area contributed by atoms with Crippen LogP contribution in [-0.4, -0.2) is 33.4 Å². The number of anilines is 1. The molecule has 0 unspecified atom stereocenters. The highest BCUT2D eigenvalue weighted by molar-refractivity contribution is 5.93. The minimum absolute atomic E-state index is 0.316. The lowest BCUT2D eigenvalue weighted by Gasteiger charge is -2.52. The number of hydrogen-bond donors (Lipinski definition) is 2. The second-order valence-electron chi connectivity index (χ2n) is 13.8. The van der Waals surface area contributed by atoms with Crippen LogP contribution in [0.5, 0.6) is 0 Å². The third kappa shape index (κ3) is 7.05. The van der Waals surface area contributed by atoms with Gasteiger partial charge in [0.05, 0.1) is 22.9 Å². The molecule has 2 N–H and O–H groups in total. The zero-order chi connectivity index (χ0) is 29.3. The van der Waals surface area contributed by atoms with Crippen LogP contribution in [0, 0.1) is 0 Å². The first kappa shape index (κ1) is 31.2. The van der Waals surface area contributed by atoms with Crippen LogP contribution in [0.4, 0.5) is 11.4 Å². The summed E-state index contributed by atoms with van der Waals surface area (Å²) >= 11 is 0. The average molecular weight is 536 g/mol. The molecule has 0 atom stereocenters. The summed E-state index contributed by atoms with van der Waals surface area (Å²) in [6.45, 7) is 26.3. The summed E-state index contributed by atoms with van der Waals surface area (Å²) in [5.74, 6) is 1.30. The molecule has 2 aromatic rings. The fraction of sp³-hybridized carbons (Fsp3) is 0.618. The summed E-state index contributed by atoms with van der Waals surface area (Å²) in [5.41, 5.74) is 6.17. The maximum atomic E-state index is 10.7. The van der Waals surface area contributed by atoms with Crippen molar-refractivity contribution >= 4 is 17.4 Å². The normalized spacial score (nSPS) is 18.4. The lowest BCUT2D eigenvalue weighted by Crippen LogP contribution is -2.62. The van der Waals surface area contributed by atoms with Crippen LogP contribution >= 0.6 is 0 Å². The minimum atomic E-state index is -0.388. The van der Waals surface area contributed by atoms with E-state index in [-0.39, 0.29) is 17.2 Å². The summed E-state index contributed by atoms with van der Waals surface area (Å²) < 4.78 is 0. The smallest absolute Gasteiger partial charge is 0.314 e. The maximum absolute atomic E-state index is 10.7. The number of nitrogens with one attached hydrogen (secondary N) is 1. The molecular weight excluding hydrogens is 482 g/mol. The van der Waals surface area contributed by atoms with E-state index in [0.717, 1.165) is 11.4 Å². The second kappa shape index (κ2) is 12.0. The SMILES string of the molecule is CC(C)c1cccc(C(C)C)c1/N=C(/Nc1c(C(C)C)cccc1C(C)C)ON1C(C)(C)CC(O)CC1(C)C. The standard InChI is InChI=1S/C34H53N3O2/c1-21(2)26-15-13-16-27(22(3)4)30(26)35-32(39-37-33(9,10)19-25(38)20-34(37,11)12)36-31-28(23(5)6)17-14-18-29(31)24(7)8/h13-18,21-25,38H,19-20H2,1-12H3,(H,35,36). The van der Waals surface area contributed by atoms with Crippen LogP contribution < -0.4 is 5.32 Å². The largest absolute Gasteiger partial charge is 0.393 e. The number of aliphatic hydroxyl groups is 1. The Morgan fingerprint density at radius 2 is 1.15 bits per heavy atom. The van der Waals surface area contributed by atoms with Gasteiger partial charge in [0, 0.05) is 5.69 Å². The van der Waals surface area contributed by atoms with Crippen LogP contribution in [-0.2, 0) is 4.84 Å². The molecule has 1 heterocycles. The van der Waals surface area contributed by atoms with Gasteiger partial charge in [0.2, 0.25) is 0 Å². The van der Waals surface area contributed by atoms with E-state index in [4.69, 9.17) is 9.83 Å². The topological polar surface area (TPSA) is 57.1 Å². The number of para-hydroxylation sites is 2. The molecule has 216 valence electrons. The zero-order valence-corrected chi connectivity index (χ0v) is 26.5. The van der Waals surface area contributed by atoms with Crippen LogP contribution in [0.2, 0.25) is 0 Å². The fourth-order valence-electron chi connectivity index (χ4n) is 6.16.